The summed E-state index contributed by atoms with van der Waals surface area (Å²) >= 11 is 0. The summed E-state index contributed by atoms with van der Waals surface area (Å²) < 4.78 is 61.1. The average Bonchev–Trinajstić information content (AvgIpc) is 2.97. The van der Waals surface area contributed by atoms with Gasteiger partial charge in [-0.3, -0.25) is 33.6 Å². The van der Waals surface area contributed by atoms with E-state index in [0.29, 0.717) is 0 Å². The Kier molecular flexibility index (Phi) is 16.3. The minimum absolute atomic E-state index is 0.250. The molecule has 21 heteroatoms. The third-order valence-electron chi connectivity index (χ3n) is 6.55. The summed E-state index contributed by atoms with van der Waals surface area (Å²) in [5, 5.41) is 11.0. The van der Waals surface area contributed by atoms with Gasteiger partial charge in [-0.15, -0.1) is 0 Å². The number of rotatable bonds is 15. The molecule has 50 heavy (non-hydrogen) atoms. The summed E-state index contributed by atoms with van der Waals surface area (Å²) in [5.74, 6) is -6.14. The third kappa shape index (κ3) is 13.4. The van der Waals surface area contributed by atoms with Gasteiger partial charge in [-0.2, -0.15) is 0 Å². The van der Waals surface area contributed by atoms with Crippen LogP contribution in [0.25, 0.3) is 0 Å². The van der Waals surface area contributed by atoms with E-state index in [-0.39, 0.29) is 13.2 Å². The van der Waals surface area contributed by atoms with Crippen molar-refractivity contribution >= 4 is 47.9 Å². The minimum atomic E-state index is -1.84. The van der Waals surface area contributed by atoms with Crippen LogP contribution in [0.5, 0.6) is 0 Å². The summed E-state index contributed by atoms with van der Waals surface area (Å²) in [6, 6.07) is 0. The smallest absolute Gasteiger partial charge is 0.404 e. The summed E-state index contributed by atoms with van der Waals surface area (Å²) in [6.45, 7) is 5.44. The molecule has 2 N–H and O–H groups in total. The van der Waals surface area contributed by atoms with Crippen LogP contribution >= 0.6 is 0 Å². The van der Waals surface area contributed by atoms with Gasteiger partial charge in [0, 0.05) is 55.0 Å². The highest BCUT2D eigenvalue weighted by atomic mass is 16.8. The second-order valence-corrected chi connectivity index (χ2v) is 10.8. The molecule has 282 valence electrons. The van der Waals surface area contributed by atoms with Gasteiger partial charge in [0.15, 0.2) is 43.1 Å². The molecule has 0 radical (unpaired) electrons. The van der Waals surface area contributed by atoms with Crippen molar-refractivity contribution < 1.29 is 95.6 Å². The number of carbonyl (C=O) groups is 8. The van der Waals surface area contributed by atoms with Crippen molar-refractivity contribution in [2.45, 2.75) is 110 Å². The number of carbonyl (C=O) groups excluding carboxylic acids is 7. The normalized spacial score (nSPS) is 28.9. The van der Waals surface area contributed by atoms with Crippen LogP contribution in [0.3, 0.4) is 0 Å². The van der Waals surface area contributed by atoms with Crippen LogP contribution in [-0.2, 0) is 85.7 Å². The molecule has 2 heterocycles. The first kappa shape index (κ1) is 41.6. The van der Waals surface area contributed by atoms with Crippen molar-refractivity contribution in [3.63, 3.8) is 0 Å². The second kappa shape index (κ2) is 19.6. The van der Waals surface area contributed by atoms with Crippen molar-refractivity contribution in [1.29, 1.82) is 0 Å². The fraction of sp³-hybridized carbons (Fsp3) is 0.724. The lowest BCUT2D eigenvalue weighted by atomic mass is 9.96. The first-order chi connectivity index (χ1) is 23.4. The van der Waals surface area contributed by atoms with Crippen molar-refractivity contribution in [3.8, 4) is 0 Å². The molecule has 1 amide bonds. The van der Waals surface area contributed by atoms with Gasteiger partial charge in [-0.05, 0) is 0 Å². The molecular weight excluding hydrogens is 682 g/mol. The minimum Gasteiger partial charge on any atom is -0.465 e. The number of amides is 1. The standard InChI is InChI=1S/C29H41NO20/c1-12(31)41-10-19-21(43-14(3)33)23(44-15(4)34)26(47-18(7)37)28(49-19)50-22-20(11-42-13(2)32)48-27(40-9-8-30-29(38)39)25(46-17(6)36)24(22)45-16(5)35/h19-28,30H,8-11H2,1-7H3,(H,38,39)/t19-,20-,21-,22-,23+,24+,25-,26-,27-,28+/m1/s1. The maximum atomic E-state index is 12.4. The number of nitrogens with one attached hydrogen (secondary N) is 1. The molecule has 2 saturated heterocycles. The molecule has 2 aliphatic rings. The van der Waals surface area contributed by atoms with Crippen LogP contribution in [0, 0.1) is 0 Å². The fourth-order valence-corrected chi connectivity index (χ4v) is 4.94. The lowest BCUT2D eigenvalue weighted by molar-refractivity contribution is -0.361. The van der Waals surface area contributed by atoms with Gasteiger partial charge in [0.05, 0.1) is 6.61 Å². The first-order valence-corrected chi connectivity index (χ1v) is 15.1. The van der Waals surface area contributed by atoms with Gasteiger partial charge in [0.1, 0.15) is 31.5 Å². The molecule has 10 atom stereocenters. The molecule has 0 aliphatic carbocycles. The molecule has 0 aromatic carbocycles. The van der Waals surface area contributed by atoms with Crippen LogP contribution < -0.4 is 5.32 Å². The molecule has 0 saturated carbocycles. The van der Waals surface area contributed by atoms with E-state index in [1.165, 1.54) is 0 Å². The second-order valence-electron chi connectivity index (χ2n) is 10.8. The SMILES string of the molecule is CC(=O)OC[C@H]1O[C@@H](O[C@H]2[C@H](OC(C)=O)[C@@H](OC(C)=O)[C@H](OCCNC(=O)O)O[C@@H]2COC(C)=O)[C@H](OC(C)=O)[C@@H](OC(C)=O)[C@@H]1OC(C)=O. The highest BCUT2D eigenvalue weighted by molar-refractivity contribution is 5.69. The first-order valence-electron chi connectivity index (χ1n) is 15.1. The zero-order chi connectivity index (χ0) is 37.7. The van der Waals surface area contributed by atoms with E-state index in [9.17, 15) is 38.4 Å². The number of carboxylic acid groups (broad SMARTS) is 1. The number of ether oxygens (including phenoxy) is 11. The Balaban J connectivity index is 2.69. The number of esters is 7. The van der Waals surface area contributed by atoms with E-state index in [2.05, 4.69) is 5.32 Å². The van der Waals surface area contributed by atoms with E-state index >= 15 is 0 Å². The Morgan fingerprint density at radius 2 is 0.900 bits per heavy atom. The third-order valence-corrected chi connectivity index (χ3v) is 6.55. The molecule has 21 nitrogen and oxygen atoms in total. The van der Waals surface area contributed by atoms with E-state index in [0.717, 1.165) is 48.5 Å². The van der Waals surface area contributed by atoms with Crippen LogP contribution in [0.15, 0.2) is 0 Å². The molecular formula is C29H41NO20. The van der Waals surface area contributed by atoms with Gasteiger partial charge in [0.25, 0.3) is 0 Å². The van der Waals surface area contributed by atoms with E-state index in [1.807, 2.05) is 0 Å². The Morgan fingerprint density at radius 3 is 1.34 bits per heavy atom. The van der Waals surface area contributed by atoms with Crippen LogP contribution in [0.4, 0.5) is 4.79 Å². The molecule has 0 aromatic heterocycles. The van der Waals surface area contributed by atoms with Gasteiger partial charge in [-0.25, -0.2) is 4.79 Å². The van der Waals surface area contributed by atoms with Crippen molar-refractivity contribution in [2.75, 3.05) is 26.4 Å². The van der Waals surface area contributed by atoms with E-state index < -0.39 is 123 Å². The summed E-state index contributed by atoms with van der Waals surface area (Å²) in [6.07, 6.45) is -17.5. The predicted octanol–water partition coefficient (Wildman–Crippen LogP) is -1.11. The van der Waals surface area contributed by atoms with Gasteiger partial charge in [-0.1, -0.05) is 0 Å². The maximum absolute atomic E-state index is 12.4. The Labute approximate surface area is 285 Å². The van der Waals surface area contributed by atoms with E-state index in [4.69, 9.17) is 57.2 Å². The molecule has 0 bridgehead atoms. The predicted molar refractivity (Wildman–Crippen MR) is 155 cm³/mol. The molecule has 2 fully saturated rings. The number of hydrogen-bond acceptors (Lipinski definition) is 19. The summed E-state index contributed by atoms with van der Waals surface area (Å²) in [5.41, 5.74) is 0. The summed E-state index contributed by atoms with van der Waals surface area (Å²) in [4.78, 5) is 95.8. The van der Waals surface area contributed by atoms with E-state index in [1.54, 1.807) is 0 Å². The zero-order valence-electron chi connectivity index (χ0n) is 28.3. The quantitative estimate of drug-likeness (QED) is 0.115. The lowest BCUT2D eigenvalue weighted by Crippen LogP contribution is -2.67. The molecule has 2 rings (SSSR count). The lowest BCUT2D eigenvalue weighted by Gasteiger charge is -2.48. The Hall–Kier alpha value is -4.60. The van der Waals surface area contributed by atoms with Crippen LogP contribution in [-0.4, -0.2) is 141 Å². The molecule has 0 unspecified atom stereocenters. The summed E-state index contributed by atoms with van der Waals surface area (Å²) in [7, 11) is 0. The number of hydrogen-bond donors (Lipinski definition) is 2. The Morgan fingerprint density at radius 1 is 0.520 bits per heavy atom. The van der Waals surface area contributed by atoms with Gasteiger partial charge < -0.3 is 62.5 Å². The van der Waals surface area contributed by atoms with Crippen LogP contribution in [0.1, 0.15) is 48.5 Å². The highest BCUT2D eigenvalue weighted by Gasteiger charge is 2.57. The maximum Gasteiger partial charge on any atom is 0.404 e. The highest BCUT2D eigenvalue weighted by Crippen LogP contribution is 2.35. The molecule has 0 spiro atoms. The van der Waals surface area contributed by atoms with Gasteiger partial charge >= 0.3 is 47.9 Å². The van der Waals surface area contributed by atoms with Crippen molar-refractivity contribution in [1.82, 2.24) is 5.32 Å². The average molecular weight is 724 g/mol. The fourth-order valence-electron chi connectivity index (χ4n) is 4.94. The monoisotopic (exact) mass is 723 g/mol. The zero-order valence-corrected chi connectivity index (χ0v) is 28.3. The van der Waals surface area contributed by atoms with Crippen LogP contribution in [0.2, 0.25) is 0 Å². The topological polar surface area (TPSA) is 270 Å². The van der Waals surface area contributed by atoms with Crippen molar-refractivity contribution in [2.24, 2.45) is 0 Å². The Bertz CT molecular complexity index is 1260. The molecule has 2 aliphatic heterocycles. The largest absolute Gasteiger partial charge is 0.465 e. The van der Waals surface area contributed by atoms with Crippen molar-refractivity contribution in [3.05, 3.63) is 0 Å². The van der Waals surface area contributed by atoms with Gasteiger partial charge in [0.2, 0.25) is 0 Å². The molecule has 0 aromatic rings.